The van der Waals surface area contributed by atoms with Crippen molar-refractivity contribution >= 4 is 29.3 Å². The van der Waals surface area contributed by atoms with Gasteiger partial charge in [-0.25, -0.2) is 9.59 Å². The molecule has 2 amide bonds. The summed E-state index contributed by atoms with van der Waals surface area (Å²) < 4.78 is 0. The summed E-state index contributed by atoms with van der Waals surface area (Å²) >= 11 is 5.82. The molecule has 0 aliphatic heterocycles. The largest absolute Gasteiger partial charge is 0.478 e. The van der Waals surface area contributed by atoms with E-state index in [9.17, 15) is 9.59 Å². The number of rotatable bonds is 7. The van der Waals surface area contributed by atoms with Gasteiger partial charge in [-0.15, -0.1) is 0 Å². The lowest BCUT2D eigenvalue weighted by Crippen LogP contribution is -2.36. The molecule has 0 aliphatic rings. The molecule has 6 nitrogen and oxygen atoms in total. The average Bonchev–Trinajstić information content (AvgIpc) is 2.43. The van der Waals surface area contributed by atoms with E-state index in [0.717, 1.165) is 19.6 Å². The van der Waals surface area contributed by atoms with E-state index in [0.29, 0.717) is 12.2 Å². The van der Waals surface area contributed by atoms with Gasteiger partial charge in [0.05, 0.1) is 5.56 Å². The Hall–Kier alpha value is -1.79. The highest BCUT2D eigenvalue weighted by molar-refractivity contribution is 6.31. The van der Waals surface area contributed by atoms with Gasteiger partial charge in [-0.2, -0.15) is 0 Å². The third kappa shape index (κ3) is 6.01. The predicted octanol–water partition coefficient (Wildman–Crippen LogP) is 2.50. The third-order valence-corrected chi connectivity index (χ3v) is 3.23. The number of hydrogen-bond donors (Lipinski definition) is 3. The average molecular weight is 314 g/mol. The van der Waals surface area contributed by atoms with Crippen LogP contribution in [-0.4, -0.2) is 48.2 Å². The molecular formula is C14H20ClN3O3. The molecule has 0 unspecified atom stereocenters. The van der Waals surface area contributed by atoms with E-state index in [-0.39, 0.29) is 16.6 Å². The number of hydrogen-bond acceptors (Lipinski definition) is 3. The quantitative estimate of drug-likeness (QED) is 0.722. The zero-order valence-corrected chi connectivity index (χ0v) is 12.9. The molecule has 0 heterocycles. The number of urea groups is 1. The van der Waals surface area contributed by atoms with Crippen LogP contribution in [0.1, 0.15) is 24.2 Å². The fourth-order valence-electron chi connectivity index (χ4n) is 1.83. The van der Waals surface area contributed by atoms with E-state index in [1.54, 1.807) is 0 Å². The van der Waals surface area contributed by atoms with Crippen molar-refractivity contribution in [3.05, 3.63) is 28.8 Å². The summed E-state index contributed by atoms with van der Waals surface area (Å²) in [6.07, 6.45) is 0. The summed E-state index contributed by atoms with van der Waals surface area (Å²) in [4.78, 5) is 24.8. The minimum atomic E-state index is -1.09. The lowest BCUT2D eigenvalue weighted by molar-refractivity contribution is 0.0697. The van der Waals surface area contributed by atoms with E-state index in [2.05, 4.69) is 29.4 Å². The molecule has 0 aliphatic carbocycles. The van der Waals surface area contributed by atoms with Crippen molar-refractivity contribution in [1.29, 1.82) is 0 Å². The molecule has 0 atom stereocenters. The third-order valence-electron chi connectivity index (χ3n) is 3.01. The molecule has 0 fully saturated rings. The second-order valence-corrected chi connectivity index (χ2v) is 4.88. The van der Waals surface area contributed by atoms with Crippen LogP contribution in [0.2, 0.25) is 5.02 Å². The summed E-state index contributed by atoms with van der Waals surface area (Å²) in [6.45, 7) is 7.24. The molecule has 7 heteroatoms. The standard InChI is InChI=1S/C14H20ClN3O3/c1-3-18(4-2)6-5-16-14(21)17-12-8-10(13(19)20)7-11(15)9-12/h7-9H,3-6H2,1-2H3,(H,19,20)(H2,16,17,21). The van der Waals surface area contributed by atoms with E-state index < -0.39 is 5.97 Å². The molecule has 0 bridgehead atoms. The van der Waals surface area contributed by atoms with Crippen molar-refractivity contribution in [1.82, 2.24) is 10.2 Å². The van der Waals surface area contributed by atoms with Crippen LogP contribution in [-0.2, 0) is 0 Å². The van der Waals surface area contributed by atoms with Gasteiger partial charge in [0, 0.05) is 23.8 Å². The molecule has 0 radical (unpaired) electrons. The molecule has 0 aromatic heterocycles. The van der Waals surface area contributed by atoms with Gasteiger partial charge in [0.15, 0.2) is 0 Å². The smallest absolute Gasteiger partial charge is 0.335 e. The summed E-state index contributed by atoms with van der Waals surface area (Å²) in [5.41, 5.74) is 0.376. The summed E-state index contributed by atoms with van der Waals surface area (Å²) in [6, 6.07) is 3.80. The van der Waals surface area contributed by atoms with Crippen LogP contribution in [0, 0.1) is 0 Å². The van der Waals surface area contributed by atoms with Crippen molar-refractivity contribution < 1.29 is 14.7 Å². The number of carbonyl (C=O) groups excluding carboxylic acids is 1. The second kappa shape index (κ2) is 8.49. The van der Waals surface area contributed by atoms with E-state index >= 15 is 0 Å². The van der Waals surface area contributed by atoms with Gasteiger partial charge in [0.25, 0.3) is 0 Å². The number of carboxylic acids is 1. The van der Waals surface area contributed by atoms with Crippen molar-refractivity contribution in [2.24, 2.45) is 0 Å². The molecule has 0 spiro atoms. The number of benzene rings is 1. The number of nitrogens with one attached hydrogen (secondary N) is 2. The molecule has 1 rings (SSSR count). The van der Waals surface area contributed by atoms with Gasteiger partial charge in [-0.05, 0) is 31.3 Å². The lowest BCUT2D eigenvalue weighted by atomic mass is 10.2. The van der Waals surface area contributed by atoms with Gasteiger partial charge in [0.2, 0.25) is 0 Å². The van der Waals surface area contributed by atoms with E-state index in [1.807, 2.05) is 0 Å². The summed E-state index contributed by atoms with van der Waals surface area (Å²) in [5, 5.41) is 14.5. The Labute approximate surface area is 129 Å². The summed E-state index contributed by atoms with van der Waals surface area (Å²) in [5.74, 6) is -1.09. The number of amides is 2. The van der Waals surface area contributed by atoms with Gasteiger partial charge in [-0.1, -0.05) is 25.4 Å². The van der Waals surface area contributed by atoms with E-state index in [1.165, 1.54) is 18.2 Å². The minimum absolute atomic E-state index is 0.0286. The molecule has 116 valence electrons. The highest BCUT2D eigenvalue weighted by Crippen LogP contribution is 2.19. The van der Waals surface area contributed by atoms with Crippen molar-refractivity contribution in [3.63, 3.8) is 0 Å². The Kier molecular flexibility index (Phi) is 6.98. The monoisotopic (exact) mass is 313 g/mol. The molecule has 3 N–H and O–H groups in total. The Balaban J connectivity index is 2.53. The van der Waals surface area contributed by atoms with Crippen molar-refractivity contribution in [3.8, 4) is 0 Å². The normalized spacial score (nSPS) is 10.5. The lowest BCUT2D eigenvalue weighted by Gasteiger charge is -2.18. The number of likely N-dealkylation sites (N-methyl/N-ethyl adjacent to an activating group) is 1. The fourth-order valence-corrected chi connectivity index (χ4v) is 2.06. The van der Waals surface area contributed by atoms with Crippen LogP contribution >= 0.6 is 11.6 Å². The molecule has 21 heavy (non-hydrogen) atoms. The molecule has 1 aromatic carbocycles. The first-order valence-corrected chi connectivity index (χ1v) is 7.15. The van der Waals surface area contributed by atoms with Crippen LogP contribution in [0.15, 0.2) is 18.2 Å². The zero-order valence-electron chi connectivity index (χ0n) is 12.1. The van der Waals surface area contributed by atoms with Gasteiger partial charge in [0.1, 0.15) is 0 Å². The van der Waals surface area contributed by atoms with Crippen LogP contribution < -0.4 is 10.6 Å². The number of nitrogens with zero attached hydrogens (tertiary/aromatic N) is 1. The minimum Gasteiger partial charge on any atom is -0.478 e. The Morgan fingerprint density at radius 3 is 2.48 bits per heavy atom. The first-order valence-electron chi connectivity index (χ1n) is 6.77. The Morgan fingerprint density at radius 1 is 1.24 bits per heavy atom. The number of carboxylic acid groups (broad SMARTS) is 1. The van der Waals surface area contributed by atoms with Gasteiger partial charge < -0.3 is 20.6 Å². The van der Waals surface area contributed by atoms with Crippen LogP contribution in [0.3, 0.4) is 0 Å². The maximum Gasteiger partial charge on any atom is 0.335 e. The Morgan fingerprint density at radius 2 is 1.90 bits per heavy atom. The summed E-state index contributed by atoms with van der Waals surface area (Å²) in [7, 11) is 0. The molecule has 0 saturated carbocycles. The SMILES string of the molecule is CCN(CC)CCNC(=O)Nc1cc(Cl)cc(C(=O)O)c1. The highest BCUT2D eigenvalue weighted by atomic mass is 35.5. The van der Waals surface area contributed by atoms with Crippen LogP contribution in [0.4, 0.5) is 10.5 Å². The van der Waals surface area contributed by atoms with E-state index in [4.69, 9.17) is 16.7 Å². The van der Waals surface area contributed by atoms with Gasteiger partial charge >= 0.3 is 12.0 Å². The van der Waals surface area contributed by atoms with Gasteiger partial charge in [-0.3, -0.25) is 0 Å². The molecular weight excluding hydrogens is 294 g/mol. The Bertz CT molecular complexity index is 504. The topological polar surface area (TPSA) is 81.7 Å². The predicted molar refractivity (Wildman–Crippen MR) is 83.2 cm³/mol. The second-order valence-electron chi connectivity index (χ2n) is 4.44. The maximum atomic E-state index is 11.7. The number of anilines is 1. The first kappa shape index (κ1) is 17.3. The fraction of sp³-hybridized carbons (Fsp3) is 0.429. The molecule has 1 aromatic rings. The van der Waals surface area contributed by atoms with Crippen LogP contribution in [0.5, 0.6) is 0 Å². The van der Waals surface area contributed by atoms with Crippen LogP contribution in [0.25, 0.3) is 0 Å². The number of aromatic carboxylic acids is 1. The van der Waals surface area contributed by atoms with Crippen molar-refractivity contribution in [2.75, 3.05) is 31.5 Å². The van der Waals surface area contributed by atoms with Crippen molar-refractivity contribution in [2.45, 2.75) is 13.8 Å². The number of halogens is 1. The maximum absolute atomic E-state index is 11.7. The zero-order chi connectivity index (χ0) is 15.8. The highest BCUT2D eigenvalue weighted by Gasteiger charge is 2.08. The number of carbonyl (C=O) groups is 2. The molecule has 0 saturated heterocycles. The first-order chi connectivity index (χ1) is 9.96.